The van der Waals surface area contributed by atoms with E-state index in [2.05, 4.69) is 16.9 Å². The zero-order valence-corrected chi connectivity index (χ0v) is 12.4. The number of hydrogen-bond donors (Lipinski definition) is 1. The molecule has 0 aliphatic rings. The molecular weight excluding hydrogens is 264 g/mol. The number of aromatic nitrogens is 2. The lowest BCUT2D eigenvalue weighted by Crippen LogP contribution is -2.38. The standard InChI is InChI=1S/C16H20N4O/c1-3-12(2)20(11-13-5-4-7-18-10-13)16(21)15-9-14(17)6-8-19-15/h4-10,12H,3,11H2,1-2H3,(H2,17,19)/t12-/m0/s1. The van der Waals surface area contributed by atoms with Gasteiger partial charge in [-0.05, 0) is 37.1 Å². The van der Waals surface area contributed by atoms with E-state index in [4.69, 9.17) is 5.73 Å². The van der Waals surface area contributed by atoms with Crippen LogP contribution in [0.25, 0.3) is 0 Å². The molecule has 0 spiro atoms. The molecule has 0 aliphatic carbocycles. The molecule has 0 aliphatic heterocycles. The number of rotatable bonds is 5. The van der Waals surface area contributed by atoms with Crippen molar-refractivity contribution in [1.29, 1.82) is 0 Å². The third-order valence-corrected chi connectivity index (χ3v) is 3.46. The van der Waals surface area contributed by atoms with Gasteiger partial charge >= 0.3 is 0 Å². The molecule has 21 heavy (non-hydrogen) atoms. The van der Waals surface area contributed by atoms with Crippen molar-refractivity contribution in [2.45, 2.75) is 32.9 Å². The molecule has 0 bridgehead atoms. The number of amides is 1. The van der Waals surface area contributed by atoms with E-state index in [-0.39, 0.29) is 11.9 Å². The minimum atomic E-state index is -0.111. The van der Waals surface area contributed by atoms with Gasteiger partial charge in [0.15, 0.2) is 0 Å². The lowest BCUT2D eigenvalue weighted by molar-refractivity contribution is 0.0665. The Morgan fingerprint density at radius 3 is 2.81 bits per heavy atom. The van der Waals surface area contributed by atoms with Gasteiger partial charge in [-0.3, -0.25) is 14.8 Å². The van der Waals surface area contributed by atoms with E-state index in [1.807, 2.05) is 19.1 Å². The maximum Gasteiger partial charge on any atom is 0.273 e. The molecule has 0 saturated heterocycles. The summed E-state index contributed by atoms with van der Waals surface area (Å²) >= 11 is 0. The minimum absolute atomic E-state index is 0.111. The average Bonchev–Trinajstić information content (AvgIpc) is 2.52. The van der Waals surface area contributed by atoms with Crippen LogP contribution in [0.5, 0.6) is 0 Å². The summed E-state index contributed by atoms with van der Waals surface area (Å²) in [5, 5.41) is 0. The molecule has 2 N–H and O–H groups in total. The van der Waals surface area contributed by atoms with Crippen LogP contribution in [0.3, 0.4) is 0 Å². The van der Waals surface area contributed by atoms with Crippen molar-refractivity contribution >= 4 is 11.6 Å². The third kappa shape index (κ3) is 3.78. The van der Waals surface area contributed by atoms with Crippen molar-refractivity contribution in [2.24, 2.45) is 0 Å². The lowest BCUT2D eigenvalue weighted by Gasteiger charge is -2.28. The molecule has 0 aromatic carbocycles. The molecule has 110 valence electrons. The van der Waals surface area contributed by atoms with Crippen LogP contribution in [0.1, 0.15) is 36.3 Å². The number of carbonyl (C=O) groups excluding carboxylic acids is 1. The van der Waals surface area contributed by atoms with Gasteiger partial charge < -0.3 is 10.6 Å². The van der Waals surface area contributed by atoms with Crippen LogP contribution in [0.4, 0.5) is 5.69 Å². The van der Waals surface area contributed by atoms with Crippen molar-refractivity contribution in [3.05, 3.63) is 54.1 Å². The second-order valence-corrected chi connectivity index (χ2v) is 5.03. The number of nitrogens with zero attached hydrogens (tertiary/aromatic N) is 3. The topological polar surface area (TPSA) is 72.1 Å². The Bertz CT molecular complexity index is 600. The van der Waals surface area contributed by atoms with Crippen LogP contribution in [-0.4, -0.2) is 26.8 Å². The van der Waals surface area contributed by atoms with Gasteiger partial charge in [-0.2, -0.15) is 0 Å². The normalized spacial score (nSPS) is 11.9. The SMILES string of the molecule is CC[C@H](C)N(Cc1cccnc1)C(=O)c1cc(N)ccn1. The summed E-state index contributed by atoms with van der Waals surface area (Å²) in [4.78, 5) is 22.7. The highest BCUT2D eigenvalue weighted by Crippen LogP contribution is 2.15. The lowest BCUT2D eigenvalue weighted by atomic mass is 10.1. The van der Waals surface area contributed by atoms with Gasteiger partial charge in [-0.1, -0.05) is 13.0 Å². The van der Waals surface area contributed by atoms with Crippen LogP contribution >= 0.6 is 0 Å². The van der Waals surface area contributed by atoms with Crippen molar-refractivity contribution in [3.8, 4) is 0 Å². The average molecular weight is 284 g/mol. The Morgan fingerprint density at radius 1 is 1.38 bits per heavy atom. The van der Waals surface area contributed by atoms with Crippen LogP contribution in [-0.2, 0) is 6.54 Å². The maximum atomic E-state index is 12.7. The molecule has 2 heterocycles. The van der Waals surface area contributed by atoms with Gasteiger partial charge in [0.05, 0.1) is 0 Å². The Kier molecular flexibility index (Phi) is 4.87. The first-order chi connectivity index (χ1) is 10.1. The van der Waals surface area contributed by atoms with E-state index in [0.29, 0.717) is 17.9 Å². The van der Waals surface area contributed by atoms with E-state index in [0.717, 1.165) is 12.0 Å². The number of nitrogen functional groups attached to an aromatic ring is 1. The first-order valence-electron chi connectivity index (χ1n) is 7.03. The van der Waals surface area contributed by atoms with Crippen molar-refractivity contribution in [2.75, 3.05) is 5.73 Å². The fourth-order valence-corrected chi connectivity index (χ4v) is 2.05. The summed E-state index contributed by atoms with van der Waals surface area (Å²) in [7, 11) is 0. The predicted octanol–water partition coefficient (Wildman–Crippen LogP) is 2.50. The highest BCUT2D eigenvalue weighted by molar-refractivity contribution is 5.93. The minimum Gasteiger partial charge on any atom is -0.399 e. The zero-order chi connectivity index (χ0) is 15.2. The zero-order valence-electron chi connectivity index (χ0n) is 12.4. The Balaban J connectivity index is 2.25. The van der Waals surface area contributed by atoms with Gasteiger partial charge in [0.25, 0.3) is 5.91 Å². The second-order valence-electron chi connectivity index (χ2n) is 5.03. The van der Waals surface area contributed by atoms with Gasteiger partial charge in [0.2, 0.25) is 0 Å². The second kappa shape index (κ2) is 6.83. The number of pyridine rings is 2. The van der Waals surface area contributed by atoms with E-state index in [1.165, 1.54) is 0 Å². The van der Waals surface area contributed by atoms with E-state index in [9.17, 15) is 4.79 Å². The Morgan fingerprint density at radius 2 is 2.19 bits per heavy atom. The van der Waals surface area contributed by atoms with Crippen molar-refractivity contribution in [3.63, 3.8) is 0 Å². The molecule has 0 radical (unpaired) electrons. The van der Waals surface area contributed by atoms with Gasteiger partial charge in [0.1, 0.15) is 5.69 Å². The summed E-state index contributed by atoms with van der Waals surface area (Å²) in [6.45, 7) is 4.60. The summed E-state index contributed by atoms with van der Waals surface area (Å²) < 4.78 is 0. The highest BCUT2D eigenvalue weighted by Gasteiger charge is 2.22. The molecule has 1 atom stereocenters. The molecule has 2 aromatic heterocycles. The van der Waals surface area contributed by atoms with Gasteiger partial charge in [-0.15, -0.1) is 0 Å². The molecule has 5 heteroatoms. The first-order valence-corrected chi connectivity index (χ1v) is 7.03. The molecule has 0 saturated carbocycles. The molecule has 1 amide bonds. The molecule has 0 fully saturated rings. The summed E-state index contributed by atoms with van der Waals surface area (Å²) in [6.07, 6.45) is 5.92. The fraction of sp³-hybridized carbons (Fsp3) is 0.312. The quantitative estimate of drug-likeness (QED) is 0.915. The van der Waals surface area contributed by atoms with Crippen molar-refractivity contribution < 1.29 is 4.79 Å². The molecule has 2 aromatic rings. The van der Waals surface area contributed by atoms with E-state index in [1.54, 1.807) is 35.6 Å². The molecule has 0 unspecified atom stereocenters. The number of hydrogen-bond acceptors (Lipinski definition) is 4. The van der Waals surface area contributed by atoms with Crippen LogP contribution < -0.4 is 5.73 Å². The van der Waals surface area contributed by atoms with Crippen LogP contribution in [0, 0.1) is 0 Å². The fourth-order valence-electron chi connectivity index (χ4n) is 2.05. The summed E-state index contributed by atoms with van der Waals surface area (Å²) in [5.74, 6) is -0.111. The largest absolute Gasteiger partial charge is 0.399 e. The molecular formula is C16H20N4O. The number of carbonyl (C=O) groups is 1. The van der Waals surface area contributed by atoms with E-state index >= 15 is 0 Å². The Hall–Kier alpha value is -2.43. The Labute approximate surface area is 124 Å². The van der Waals surface area contributed by atoms with Crippen LogP contribution in [0.2, 0.25) is 0 Å². The first kappa shape index (κ1) is 15.0. The summed E-state index contributed by atoms with van der Waals surface area (Å²) in [5.41, 5.74) is 7.65. The summed E-state index contributed by atoms with van der Waals surface area (Å²) in [6, 6.07) is 7.23. The van der Waals surface area contributed by atoms with Gasteiger partial charge in [-0.25, -0.2) is 0 Å². The van der Waals surface area contributed by atoms with E-state index < -0.39 is 0 Å². The van der Waals surface area contributed by atoms with Gasteiger partial charge in [0, 0.05) is 36.9 Å². The molecule has 5 nitrogen and oxygen atoms in total. The molecule has 2 rings (SSSR count). The van der Waals surface area contributed by atoms with Crippen molar-refractivity contribution in [1.82, 2.24) is 14.9 Å². The predicted molar refractivity (Wildman–Crippen MR) is 82.5 cm³/mol. The number of anilines is 1. The smallest absolute Gasteiger partial charge is 0.273 e. The number of nitrogens with two attached hydrogens (primary N) is 1. The highest BCUT2D eigenvalue weighted by atomic mass is 16.2. The third-order valence-electron chi connectivity index (χ3n) is 3.46. The maximum absolute atomic E-state index is 12.7. The monoisotopic (exact) mass is 284 g/mol. The van der Waals surface area contributed by atoms with Crippen LogP contribution in [0.15, 0.2) is 42.9 Å².